The minimum Gasteiger partial charge on any atom is -0.324 e. The van der Waals surface area contributed by atoms with E-state index in [-0.39, 0.29) is 0 Å². The molecule has 208 valence electrons. The summed E-state index contributed by atoms with van der Waals surface area (Å²) >= 11 is 0. The summed E-state index contributed by atoms with van der Waals surface area (Å²) in [5, 5.41) is 8.34. The van der Waals surface area contributed by atoms with E-state index >= 15 is 0 Å². The first-order chi connectivity index (χ1) is 19.5. The highest BCUT2D eigenvalue weighted by Crippen LogP contribution is 2.36. The molecule has 0 aliphatic carbocycles. The Morgan fingerprint density at radius 3 is 2.25 bits per heavy atom. The molecule has 0 saturated carbocycles. The van der Waals surface area contributed by atoms with Crippen LogP contribution in [0.25, 0.3) is 22.5 Å². The highest BCUT2D eigenvalue weighted by molar-refractivity contribution is 5.79. The zero-order valence-electron chi connectivity index (χ0n) is 23.9. The van der Waals surface area contributed by atoms with Gasteiger partial charge in [0.15, 0.2) is 0 Å². The number of aryl methyl sites for hydroxylation is 1. The van der Waals surface area contributed by atoms with Gasteiger partial charge < -0.3 is 15.1 Å². The van der Waals surface area contributed by atoms with Gasteiger partial charge >= 0.3 is 0 Å². The van der Waals surface area contributed by atoms with Crippen LogP contribution in [0.1, 0.15) is 30.0 Å². The quantitative estimate of drug-likeness (QED) is 0.354. The summed E-state index contributed by atoms with van der Waals surface area (Å²) in [7, 11) is 4.39. The number of piperidine rings is 1. The fourth-order valence-electron chi connectivity index (χ4n) is 5.72. The number of piperazine rings is 1. The minimum atomic E-state index is 0.380. The minimum absolute atomic E-state index is 0.380. The molecule has 0 unspecified atom stereocenters. The molecule has 2 aromatic carbocycles. The van der Waals surface area contributed by atoms with Crippen molar-refractivity contribution in [3.63, 3.8) is 0 Å². The predicted molar refractivity (Wildman–Crippen MR) is 162 cm³/mol. The van der Waals surface area contributed by atoms with Crippen LogP contribution in [0.3, 0.4) is 0 Å². The van der Waals surface area contributed by atoms with Crippen molar-refractivity contribution < 1.29 is 0 Å². The SMILES string of the molecule is Cc1ccc(-c2c(-c3ccnc(Nc4ccc(CN5CCN(C)CC5)cc4)n3)cnn2C2CCN(C)CC2)cc1. The fraction of sp³-hybridized carbons (Fsp3) is 0.406. The second-order valence-corrected chi connectivity index (χ2v) is 11.4. The van der Waals surface area contributed by atoms with Crippen molar-refractivity contribution in [1.29, 1.82) is 0 Å². The predicted octanol–water partition coefficient (Wildman–Crippen LogP) is 5.07. The third-order valence-corrected chi connectivity index (χ3v) is 8.30. The van der Waals surface area contributed by atoms with Crippen LogP contribution >= 0.6 is 0 Å². The molecule has 2 saturated heterocycles. The van der Waals surface area contributed by atoms with Gasteiger partial charge in [0, 0.05) is 55.7 Å². The van der Waals surface area contributed by atoms with Crippen LogP contribution < -0.4 is 5.32 Å². The average molecular weight is 537 g/mol. The van der Waals surface area contributed by atoms with E-state index in [1.54, 1.807) is 0 Å². The number of likely N-dealkylation sites (N-methyl/N-ethyl adjacent to an activating group) is 1. The van der Waals surface area contributed by atoms with Crippen LogP contribution in [-0.4, -0.2) is 87.8 Å². The first-order valence-electron chi connectivity index (χ1n) is 14.5. The van der Waals surface area contributed by atoms with Crippen molar-refractivity contribution in [3.05, 3.63) is 78.1 Å². The van der Waals surface area contributed by atoms with Gasteiger partial charge in [-0.05, 0) is 70.7 Å². The van der Waals surface area contributed by atoms with E-state index in [0.29, 0.717) is 12.0 Å². The van der Waals surface area contributed by atoms with Gasteiger partial charge in [0.05, 0.1) is 23.6 Å². The van der Waals surface area contributed by atoms with Crippen LogP contribution in [0, 0.1) is 6.92 Å². The van der Waals surface area contributed by atoms with Crippen molar-refractivity contribution in [2.75, 3.05) is 58.7 Å². The third-order valence-electron chi connectivity index (χ3n) is 8.30. The standard InChI is InChI=1S/C32H40N8/c1-24-4-8-26(9-5-24)31-29(22-34-40(31)28-13-16-37(2)17-14-28)30-12-15-33-32(36-30)35-27-10-6-25(7-11-27)23-39-20-18-38(3)19-21-39/h4-12,15,22,28H,13-14,16-21,23H2,1-3H3,(H,33,35,36). The lowest BCUT2D eigenvalue weighted by Gasteiger charge is -2.32. The van der Waals surface area contributed by atoms with E-state index in [1.165, 1.54) is 16.7 Å². The molecule has 8 nitrogen and oxygen atoms in total. The van der Waals surface area contributed by atoms with E-state index in [9.17, 15) is 0 Å². The number of nitrogens with one attached hydrogen (secondary N) is 1. The number of hydrogen-bond acceptors (Lipinski definition) is 7. The normalized spacial score (nSPS) is 17.8. The lowest BCUT2D eigenvalue weighted by molar-refractivity contribution is 0.148. The summed E-state index contributed by atoms with van der Waals surface area (Å²) in [4.78, 5) is 16.8. The topological polar surface area (TPSA) is 65.4 Å². The van der Waals surface area contributed by atoms with Crippen LogP contribution in [0.15, 0.2) is 67.0 Å². The number of aromatic nitrogens is 4. The molecule has 0 bridgehead atoms. The lowest BCUT2D eigenvalue weighted by atomic mass is 10.0. The zero-order chi connectivity index (χ0) is 27.5. The summed E-state index contributed by atoms with van der Waals surface area (Å²) in [5.41, 5.74) is 7.77. The largest absolute Gasteiger partial charge is 0.324 e. The summed E-state index contributed by atoms with van der Waals surface area (Å²) in [6, 6.07) is 19.8. The van der Waals surface area contributed by atoms with Gasteiger partial charge in [-0.1, -0.05) is 42.0 Å². The number of hydrogen-bond donors (Lipinski definition) is 1. The summed E-state index contributed by atoms with van der Waals surface area (Å²) in [6.45, 7) is 9.80. The third kappa shape index (κ3) is 6.09. The Morgan fingerprint density at radius 1 is 0.825 bits per heavy atom. The summed E-state index contributed by atoms with van der Waals surface area (Å²) in [6.07, 6.45) is 6.00. The van der Waals surface area contributed by atoms with Crippen LogP contribution in [0.5, 0.6) is 0 Å². The number of likely N-dealkylation sites (tertiary alicyclic amines) is 1. The number of rotatable bonds is 7. The molecule has 8 heteroatoms. The molecule has 4 aromatic rings. The molecule has 40 heavy (non-hydrogen) atoms. The van der Waals surface area contributed by atoms with Gasteiger partial charge in [0.25, 0.3) is 0 Å². The number of nitrogens with zero attached hydrogens (tertiary/aromatic N) is 7. The second kappa shape index (κ2) is 11.9. The molecule has 0 spiro atoms. The maximum Gasteiger partial charge on any atom is 0.227 e. The Balaban J connectivity index is 1.23. The van der Waals surface area contributed by atoms with E-state index in [1.807, 2.05) is 18.5 Å². The monoisotopic (exact) mass is 536 g/mol. The highest BCUT2D eigenvalue weighted by atomic mass is 15.3. The first-order valence-corrected chi connectivity index (χ1v) is 14.5. The average Bonchev–Trinajstić information content (AvgIpc) is 3.42. The maximum absolute atomic E-state index is 4.94. The molecule has 2 fully saturated rings. The van der Waals surface area contributed by atoms with Crippen molar-refractivity contribution in [2.45, 2.75) is 32.4 Å². The molecule has 6 rings (SSSR count). The smallest absolute Gasteiger partial charge is 0.227 e. The molecule has 2 aromatic heterocycles. The Morgan fingerprint density at radius 2 is 1.52 bits per heavy atom. The van der Waals surface area contributed by atoms with E-state index in [0.717, 1.165) is 81.3 Å². The Labute approximate surface area is 237 Å². The van der Waals surface area contributed by atoms with Crippen LogP contribution in [-0.2, 0) is 6.54 Å². The molecule has 4 heterocycles. The molecular formula is C32H40N8. The highest BCUT2D eigenvalue weighted by Gasteiger charge is 2.25. The molecule has 0 radical (unpaired) electrons. The zero-order valence-corrected chi connectivity index (χ0v) is 23.9. The van der Waals surface area contributed by atoms with Crippen molar-refractivity contribution in [3.8, 4) is 22.5 Å². The van der Waals surface area contributed by atoms with E-state index in [4.69, 9.17) is 10.1 Å². The molecular weight excluding hydrogens is 496 g/mol. The van der Waals surface area contributed by atoms with Crippen LogP contribution in [0.4, 0.5) is 11.6 Å². The maximum atomic E-state index is 4.94. The van der Waals surface area contributed by atoms with Gasteiger partial charge in [-0.15, -0.1) is 0 Å². The number of benzene rings is 2. The molecule has 2 aliphatic heterocycles. The first kappa shape index (κ1) is 26.6. The number of anilines is 2. The Hall–Kier alpha value is -3.59. The van der Waals surface area contributed by atoms with Crippen molar-refractivity contribution in [1.82, 2.24) is 34.4 Å². The summed E-state index contributed by atoms with van der Waals surface area (Å²) in [5.74, 6) is 0.589. The van der Waals surface area contributed by atoms with Gasteiger partial charge in [-0.25, -0.2) is 9.97 Å². The second-order valence-electron chi connectivity index (χ2n) is 11.4. The van der Waals surface area contributed by atoms with E-state index in [2.05, 4.69) is 99.2 Å². The van der Waals surface area contributed by atoms with Gasteiger partial charge in [-0.3, -0.25) is 9.58 Å². The van der Waals surface area contributed by atoms with E-state index < -0.39 is 0 Å². The van der Waals surface area contributed by atoms with Crippen molar-refractivity contribution in [2.24, 2.45) is 0 Å². The van der Waals surface area contributed by atoms with Gasteiger partial charge in [0.1, 0.15) is 0 Å². The van der Waals surface area contributed by atoms with Gasteiger partial charge in [0.2, 0.25) is 5.95 Å². The Kier molecular flexibility index (Phi) is 7.91. The molecule has 0 amide bonds. The molecule has 1 N–H and O–H groups in total. The van der Waals surface area contributed by atoms with Crippen molar-refractivity contribution >= 4 is 11.6 Å². The van der Waals surface area contributed by atoms with Gasteiger partial charge in [-0.2, -0.15) is 5.10 Å². The Bertz CT molecular complexity index is 1400. The fourth-order valence-corrected chi connectivity index (χ4v) is 5.72. The summed E-state index contributed by atoms with van der Waals surface area (Å²) < 4.78 is 2.24. The molecule has 0 atom stereocenters. The molecule has 2 aliphatic rings. The van der Waals surface area contributed by atoms with Crippen LogP contribution in [0.2, 0.25) is 0 Å². The lowest BCUT2D eigenvalue weighted by Crippen LogP contribution is -2.43.